The van der Waals surface area contributed by atoms with Crippen molar-refractivity contribution in [3.63, 3.8) is 0 Å². The van der Waals surface area contributed by atoms with Gasteiger partial charge in [0.05, 0.1) is 18.1 Å². The van der Waals surface area contributed by atoms with Crippen LogP contribution in [0.1, 0.15) is 46.3 Å². The molecule has 33 heavy (non-hydrogen) atoms. The largest absolute Gasteiger partial charge is 0.379 e. The summed E-state index contributed by atoms with van der Waals surface area (Å²) in [4.78, 5) is 15.4. The Balaban J connectivity index is 1.38. The number of sulfonamides is 1. The summed E-state index contributed by atoms with van der Waals surface area (Å²) in [5.41, 5.74) is 3.39. The Morgan fingerprint density at radius 3 is 2.30 bits per heavy atom. The maximum Gasteiger partial charge on any atom is 0.251 e. The zero-order valence-electron chi connectivity index (χ0n) is 19.3. The number of carbonyl (C=O) groups is 1. The van der Waals surface area contributed by atoms with Crippen molar-refractivity contribution in [1.82, 2.24) is 14.5 Å². The lowest BCUT2D eigenvalue weighted by Gasteiger charge is -2.26. The highest BCUT2D eigenvalue weighted by molar-refractivity contribution is 7.89. The number of ether oxygens (including phenoxy) is 1. The number of rotatable bonds is 7. The lowest BCUT2D eigenvalue weighted by molar-refractivity contribution is 0.0342. The number of carbonyl (C=O) groups excluding carboxylic acids is 1. The molecule has 1 N–H and O–H groups in total. The summed E-state index contributed by atoms with van der Waals surface area (Å²) < 4.78 is 32.9. The van der Waals surface area contributed by atoms with Crippen molar-refractivity contribution in [1.29, 1.82) is 0 Å². The molecular formula is C25H33N3O4S. The summed E-state index contributed by atoms with van der Waals surface area (Å²) in [7, 11) is -3.58. The molecule has 2 aromatic rings. The van der Waals surface area contributed by atoms with Crippen molar-refractivity contribution in [2.75, 3.05) is 39.4 Å². The third-order valence-corrected chi connectivity index (χ3v) is 8.29. The van der Waals surface area contributed by atoms with E-state index in [0.717, 1.165) is 63.2 Å². The second kappa shape index (κ2) is 10.8. The first-order valence-corrected chi connectivity index (χ1v) is 13.1. The second-order valence-electron chi connectivity index (χ2n) is 8.83. The molecule has 0 saturated carbocycles. The number of hydrogen-bond acceptors (Lipinski definition) is 5. The Kier molecular flexibility index (Phi) is 7.80. The molecule has 2 aliphatic heterocycles. The van der Waals surface area contributed by atoms with Crippen molar-refractivity contribution in [3.8, 4) is 0 Å². The van der Waals surface area contributed by atoms with E-state index in [1.54, 1.807) is 12.1 Å². The second-order valence-corrected chi connectivity index (χ2v) is 10.8. The van der Waals surface area contributed by atoms with Crippen molar-refractivity contribution in [3.05, 3.63) is 64.7 Å². The molecule has 0 radical (unpaired) electrons. The molecule has 2 aromatic carbocycles. The summed E-state index contributed by atoms with van der Waals surface area (Å²) in [5.74, 6) is -0.263. The van der Waals surface area contributed by atoms with Gasteiger partial charge in [-0.2, -0.15) is 4.31 Å². The summed E-state index contributed by atoms with van der Waals surface area (Å²) in [5, 5.41) is 2.94. The monoisotopic (exact) mass is 471 g/mol. The van der Waals surface area contributed by atoms with Crippen LogP contribution in [-0.4, -0.2) is 62.9 Å². The zero-order chi connectivity index (χ0) is 23.3. The van der Waals surface area contributed by atoms with Gasteiger partial charge in [0, 0.05) is 44.8 Å². The van der Waals surface area contributed by atoms with Gasteiger partial charge in [0.2, 0.25) is 10.0 Å². The van der Waals surface area contributed by atoms with Crippen molar-refractivity contribution < 1.29 is 17.9 Å². The Morgan fingerprint density at radius 2 is 1.61 bits per heavy atom. The molecular weight excluding hydrogens is 438 g/mol. The number of nitrogens with zero attached hydrogens (tertiary/aromatic N) is 2. The van der Waals surface area contributed by atoms with E-state index in [1.807, 2.05) is 19.1 Å². The number of piperidine rings is 1. The van der Waals surface area contributed by atoms with E-state index >= 15 is 0 Å². The first-order valence-electron chi connectivity index (χ1n) is 11.7. The first kappa shape index (κ1) is 23.9. The predicted octanol–water partition coefficient (Wildman–Crippen LogP) is 2.93. The lowest BCUT2D eigenvalue weighted by atomic mass is 10.1. The normalized spacial score (nSPS) is 18.2. The fourth-order valence-corrected chi connectivity index (χ4v) is 5.86. The number of amides is 1. The number of nitrogens with one attached hydrogen (secondary N) is 1. The van der Waals surface area contributed by atoms with E-state index < -0.39 is 10.0 Å². The van der Waals surface area contributed by atoms with Crippen molar-refractivity contribution in [2.24, 2.45) is 0 Å². The minimum Gasteiger partial charge on any atom is -0.379 e. The maximum absolute atomic E-state index is 13.0. The van der Waals surface area contributed by atoms with Crippen LogP contribution in [0.2, 0.25) is 0 Å². The number of aryl methyl sites for hydroxylation is 1. The van der Waals surface area contributed by atoms with E-state index in [0.29, 0.717) is 25.2 Å². The molecule has 0 aliphatic carbocycles. The molecule has 8 heteroatoms. The van der Waals surface area contributed by atoms with Gasteiger partial charge in [-0.1, -0.05) is 36.8 Å². The third kappa shape index (κ3) is 6.00. The van der Waals surface area contributed by atoms with Crippen molar-refractivity contribution in [2.45, 2.75) is 44.2 Å². The topological polar surface area (TPSA) is 79.0 Å². The highest BCUT2D eigenvalue weighted by atomic mass is 32.2. The summed E-state index contributed by atoms with van der Waals surface area (Å²) in [6, 6.07) is 13.1. The first-order chi connectivity index (χ1) is 15.9. The molecule has 2 saturated heterocycles. The molecule has 178 valence electrons. The third-order valence-electron chi connectivity index (χ3n) is 6.39. The smallest absolute Gasteiger partial charge is 0.251 e. The molecule has 0 spiro atoms. The van der Waals surface area contributed by atoms with Gasteiger partial charge >= 0.3 is 0 Å². The predicted molar refractivity (Wildman–Crippen MR) is 127 cm³/mol. The van der Waals surface area contributed by atoms with E-state index in [4.69, 9.17) is 4.74 Å². The highest BCUT2D eigenvalue weighted by Gasteiger charge is 2.27. The average molecular weight is 472 g/mol. The molecule has 0 unspecified atom stereocenters. The van der Waals surface area contributed by atoms with Gasteiger partial charge in [0.15, 0.2) is 0 Å². The van der Waals surface area contributed by atoms with Crippen LogP contribution in [0.25, 0.3) is 0 Å². The Hall–Kier alpha value is -2.26. The van der Waals surface area contributed by atoms with Crippen LogP contribution in [0.4, 0.5) is 0 Å². The molecule has 0 atom stereocenters. The highest BCUT2D eigenvalue weighted by Crippen LogP contribution is 2.23. The Labute approximate surface area is 196 Å². The van der Waals surface area contributed by atoms with Gasteiger partial charge in [-0.3, -0.25) is 9.69 Å². The minimum atomic E-state index is -3.58. The van der Waals surface area contributed by atoms with Gasteiger partial charge < -0.3 is 10.1 Å². The van der Waals surface area contributed by atoms with Gasteiger partial charge in [-0.05, 0) is 48.6 Å². The Morgan fingerprint density at radius 1 is 0.939 bits per heavy atom. The molecule has 0 bridgehead atoms. The van der Waals surface area contributed by atoms with E-state index in [2.05, 4.69) is 22.3 Å². The molecule has 7 nitrogen and oxygen atoms in total. The van der Waals surface area contributed by atoms with Crippen LogP contribution in [-0.2, 0) is 27.8 Å². The number of hydrogen-bond donors (Lipinski definition) is 1. The van der Waals surface area contributed by atoms with Crippen LogP contribution in [0.15, 0.2) is 47.4 Å². The molecule has 1 amide bonds. The lowest BCUT2D eigenvalue weighted by Crippen LogP contribution is -2.35. The fraction of sp³-hybridized carbons (Fsp3) is 0.480. The quantitative estimate of drug-likeness (QED) is 0.672. The van der Waals surface area contributed by atoms with E-state index in [9.17, 15) is 13.2 Å². The standard InChI is InChI=1S/C25H33N3O4S/c1-20-5-10-23(33(30,31)28-11-3-2-4-12-28)17-24(20)25(29)26-18-21-6-8-22(9-7-21)19-27-13-15-32-16-14-27/h5-10,17H,2-4,11-16,18-19H2,1H3,(H,26,29). The van der Waals surface area contributed by atoms with Crippen LogP contribution in [0.5, 0.6) is 0 Å². The SMILES string of the molecule is Cc1ccc(S(=O)(=O)N2CCCCC2)cc1C(=O)NCc1ccc(CN2CCOCC2)cc1. The zero-order valence-corrected chi connectivity index (χ0v) is 20.1. The fourth-order valence-electron chi connectivity index (χ4n) is 4.32. The summed E-state index contributed by atoms with van der Waals surface area (Å²) in [6.07, 6.45) is 2.81. The van der Waals surface area contributed by atoms with Crippen LogP contribution in [0, 0.1) is 6.92 Å². The van der Waals surface area contributed by atoms with Gasteiger partial charge in [-0.15, -0.1) is 0 Å². The van der Waals surface area contributed by atoms with Crippen LogP contribution < -0.4 is 5.32 Å². The molecule has 2 heterocycles. The number of morpholine rings is 1. The van der Waals surface area contributed by atoms with Gasteiger partial charge in [-0.25, -0.2) is 8.42 Å². The summed E-state index contributed by atoms with van der Waals surface area (Å²) >= 11 is 0. The van der Waals surface area contributed by atoms with Crippen molar-refractivity contribution >= 4 is 15.9 Å². The molecule has 4 rings (SSSR count). The minimum absolute atomic E-state index is 0.188. The maximum atomic E-state index is 13.0. The number of benzene rings is 2. The van der Waals surface area contributed by atoms with E-state index in [-0.39, 0.29) is 10.8 Å². The average Bonchev–Trinajstić information content (AvgIpc) is 2.85. The Bertz CT molecular complexity index is 1060. The van der Waals surface area contributed by atoms with Gasteiger partial charge in [0.1, 0.15) is 0 Å². The van der Waals surface area contributed by atoms with E-state index in [1.165, 1.54) is 15.9 Å². The van der Waals surface area contributed by atoms with Crippen LogP contribution >= 0.6 is 0 Å². The molecule has 2 fully saturated rings. The van der Waals surface area contributed by atoms with Crippen LogP contribution in [0.3, 0.4) is 0 Å². The summed E-state index contributed by atoms with van der Waals surface area (Å²) in [6.45, 7) is 7.65. The van der Waals surface area contributed by atoms with Gasteiger partial charge in [0.25, 0.3) is 5.91 Å². The molecule has 2 aliphatic rings. The molecule has 0 aromatic heterocycles.